The van der Waals surface area contributed by atoms with Crippen LogP contribution in [0.4, 0.5) is 5.69 Å². The van der Waals surface area contributed by atoms with E-state index >= 15 is 0 Å². The average Bonchev–Trinajstić information content (AvgIpc) is 2.37. The van der Waals surface area contributed by atoms with Crippen molar-refractivity contribution in [2.24, 2.45) is 5.92 Å². The fourth-order valence-corrected chi connectivity index (χ4v) is 2.30. The number of hydrogen-bond donors (Lipinski definition) is 1. The molecule has 1 aromatic heterocycles. The molecule has 2 heterocycles. The van der Waals surface area contributed by atoms with Gasteiger partial charge in [-0.05, 0) is 44.5 Å². The van der Waals surface area contributed by atoms with E-state index in [1.165, 1.54) is 19.4 Å². The number of hydrogen-bond acceptors (Lipinski definition) is 4. The molecule has 4 heteroatoms. The molecule has 0 amide bonds. The molecule has 1 fully saturated rings. The SMILES string of the molecule is CN1CCCC(CNc2ccnc(C#N)c2)C1. The van der Waals surface area contributed by atoms with Crippen LogP contribution in [-0.4, -0.2) is 36.6 Å². The van der Waals surface area contributed by atoms with E-state index < -0.39 is 0 Å². The molecule has 0 spiro atoms. The molecule has 0 radical (unpaired) electrons. The third-order valence-corrected chi connectivity index (χ3v) is 3.19. The van der Waals surface area contributed by atoms with Gasteiger partial charge in [0.15, 0.2) is 0 Å². The highest BCUT2D eigenvalue weighted by molar-refractivity contribution is 5.45. The Morgan fingerprint density at radius 3 is 3.29 bits per heavy atom. The second-order valence-electron chi connectivity index (χ2n) is 4.69. The zero-order chi connectivity index (χ0) is 12.1. The number of anilines is 1. The molecule has 1 aromatic rings. The fourth-order valence-electron chi connectivity index (χ4n) is 2.30. The van der Waals surface area contributed by atoms with Crippen LogP contribution in [0.2, 0.25) is 0 Å². The average molecular weight is 230 g/mol. The Morgan fingerprint density at radius 1 is 1.65 bits per heavy atom. The van der Waals surface area contributed by atoms with Crippen LogP contribution >= 0.6 is 0 Å². The summed E-state index contributed by atoms with van der Waals surface area (Å²) >= 11 is 0. The molecule has 1 saturated heterocycles. The zero-order valence-corrected chi connectivity index (χ0v) is 10.2. The van der Waals surface area contributed by atoms with Gasteiger partial charge < -0.3 is 10.2 Å². The van der Waals surface area contributed by atoms with Crippen molar-refractivity contribution in [2.45, 2.75) is 12.8 Å². The Kier molecular flexibility index (Phi) is 3.94. The zero-order valence-electron chi connectivity index (χ0n) is 10.2. The molecule has 1 unspecified atom stereocenters. The molecule has 2 rings (SSSR count). The van der Waals surface area contributed by atoms with Crippen LogP contribution < -0.4 is 5.32 Å². The molecule has 0 aliphatic carbocycles. The van der Waals surface area contributed by atoms with Crippen LogP contribution in [0.25, 0.3) is 0 Å². The van der Waals surface area contributed by atoms with Crippen LogP contribution in [0.1, 0.15) is 18.5 Å². The van der Waals surface area contributed by atoms with Crippen LogP contribution in [0.5, 0.6) is 0 Å². The van der Waals surface area contributed by atoms with Crippen molar-refractivity contribution >= 4 is 5.69 Å². The lowest BCUT2D eigenvalue weighted by atomic mass is 9.98. The lowest BCUT2D eigenvalue weighted by Crippen LogP contribution is -2.35. The summed E-state index contributed by atoms with van der Waals surface area (Å²) in [5.74, 6) is 0.701. The third-order valence-electron chi connectivity index (χ3n) is 3.19. The largest absolute Gasteiger partial charge is 0.385 e. The van der Waals surface area contributed by atoms with Gasteiger partial charge >= 0.3 is 0 Å². The summed E-state index contributed by atoms with van der Waals surface area (Å²) in [5, 5.41) is 12.2. The van der Waals surface area contributed by atoms with E-state index in [0.29, 0.717) is 11.6 Å². The maximum absolute atomic E-state index is 8.77. The van der Waals surface area contributed by atoms with Crippen LogP contribution in [0.3, 0.4) is 0 Å². The predicted molar refractivity (Wildman–Crippen MR) is 67.7 cm³/mol. The van der Waals surface area contributed by atoms with Gasteiger partial charge in [0, 0.05) is 25.0 Å². The molecule has 4 nitrogen and oxygen atoms in total. The molecule has 1 aliphatic rings. The minimum Gasteiger partial charge on any atom is -0.385 e. The Morgan fingerprint density at radius 2 is 2.53 bits per heavy atom. The quantitative estimate of drug-likeness (QED) is 0.858. The first-order chi connectivity index (χ1) is 8.28. The molecule has 1 aliphatic heterocycles. The standard InChI is InChI=1S/C13H18N4/c1-17-6-2-3-11(10-17)9-16-12-4-5-15-13(7-12)8-14/h4-5,7,11H,2-3,6,9-10H2,1H3,(H,15,16). The smallest absolute Gasteiger partial charge is 0.142 e. The van der Waals surface area contributed by atoms with Crippen molar-refractivity contribution in [2.75, 3.05) is 32.0 Å². The monoisotopic (exact) mass is 230 g/mol. The van der Waals surface area contributed by atoms with Gasteiger partial charge in [-0.3, -0.25) is 0 Å². The van der Waals surface area contributed by atoms with Gasteiger partial charge in [-0.1, -0.05) is 0 Å². The Labute approximate surface area is 102 Å². The number of likely N-dealkylation sites (tertiary alicyclic amines) is 1. The maximum atomic E-state index is 8.77. The van der Waals surface area contributed by atoms with E-state index in [9.17, 15) is 0 Å². The normalized spacial score (nSPS) is 20.8. The summed E-state index contributed by atoms with van der Waals surface area (Å²) in [6.07, 6.45) is 4.24. The molecule has 1 atom stereocenters. The first kappa shape index (κ1) is 11.9. The third kappa shape index (κ3) is 3.43. The minimum absolute atomic E-state index is 0.468. The molecule has 90 valence electrons. The molecule has 1 N–H and O–H groups in total. The van der Waals surface area contributed by atoms with Crippen LogP contribution in [0.15, 0.2) is 18.3 Å². The topological polar surface area (TPSA) is 52.0 Å². The summed E-state index contributed by atoms with van der Waals surface area (Å²) in [5.41, 5.74) is 1.46. The molecule has 0 saturated carbocycles. The molecular weight excluding hydrogens is 212 g/mol. The van der Waals surface area contributed by atoms with Crippen molar-refractivity contribution in [1.29, 1.82) is 5.26 Å². The predicted octanol–water partition coefficient (Wildman–Crippen LogP) is 1.71. The molecule has 17 heavy (non-hydrogen) atoms. The number of piperidine rings is 1. The second kappa shape index (κ2) is 5.65. The summed E-state index contributed by atoms with van der Waals surface area (Å²) in [6.45, 7) is 3.34. The van der Waals surface area contributed by atoms with Crippen molar-refractivity contribution in [3.63, 3.8) is 0 Å². The maximum Gasteiger partial charge on any atom is 0.142 e. The van der Waals surface area contributed by atoms with Crippen molar-refractivity contribution in [3.05, 3.63) is 24.0 Å². The number of nitrogens with one attached hydrogen (secondary N) is 1. The van der Waals surface area contributed by atoms with Crippen molar-refractivity contribution < 1.29 is 0 Å². The number of pyridine rings is 1. The molecule has 0 bridgehead atoms. The van der Waals surface area contributed by atoms with E-state index in [1.807, 2.05) is 6.07 Å². The number of nitrogens with zero attached hydrogens (tertiary/aromatic N) is 3. The van der Waals surface area contributed by atoms with Gasteiger partial charge in [-0.15, -0.1) is 0 Å². The first-order valence-corrected chi connectivity index (χ1v) is 6.06. The minimum atomic E-state index is 0.468. The Bertz CT molecular complexity index is 410. The summed E-state index contributed by atoms with van der Waals surface area (Å²) in [7, 11) is 2.17. The van der Waals surface area contributed by atoms with Gasteiger partial charge in [0.05, 0.1) is 0 Å². The van der Waals surface area contributed by atoms with E-state index in [0.717, 1.165) is 18.8 Å². The Hall–Kier alpha value is -1.60. The highest BCUT2D eigenvalue weighted by Gasteiger charge is 2.16. The molecular formula is C13H18N4. The van der Waals surface area contributed by atoms with E-state index in [1.54, 1.807) is 12.3 Å². The lowest BCUT2D eigenvalue weighted by Gasteiger charge is -2.29. The van der Waals surface area contributed by atoms with Gasteiger partial charge in [-0.25, -0.2) is 4.98 Å². The van der Waals surface area contributed by atoms with Crippen LogP contribution in [0, 0.1) is 17.2 Å². The summed E-state index contributed by atoms with van der Waals surface area (Å²) in [6, 6.07) is 5.76. The van der Waals surface area contributed by atoms with Crippen molar-refractivity contribution in [3.8, 4) is 6.07 Å². The van der Waals surface area contributed by atoms with Crippen molar-refractivity contribution in [1.82, 2.24) is 9.88 Å². The lowest BCUT2D eigenvalue weighted by molar-refractivity contribution is 0.217. The highest BCUT2D eigenvalue weighted by atomic mass is 15.1. The van der Waals surface area contributed by atoms with E-state index in [4.69, 9.17) is 5.26 Å². The second-order valence-corrected chi connectivity index (χ2v) is 4.69. The van der Waals surface area contributed by atoms with E-state index in [2.05, 4.69) is 28.3 Å². The van der Waals surface area contributed by atoms with Gasteiger partial charge in [0.1, 0.15) is 11.8 Å². The van der Waals surface area contributed by atoms with Gasteiger partial charge in [0.25, 0.3) is 0 Å². The Balaban J connectivity index is 1.87. The van der Waals surface area contributed by atoms with E-state index in [-0.39, 0.29) is 0 Å². The van der Waals surface area contributed by atoms with Crippen LogP contribution in [-0.2, 0) is 0 Å². The highest BCUT2D eigenvalue weighted by Crippen LogP contribution is 2.16. The number of aromatic nitrogens is 1. The number of nitriles is 1. The summed E-state index contributed by atoms with van der Waals surface area (Å²) < 4.78 is 0. The first-order valence-electron chi connectivity index (χ1n) is 6.06. The van der Waals surface area contributed by atoms with Gasteiger partial charge in [-0.2, -0.15) is 5.26 Å². The fraction of sp³-hybridized carbons (Fsp3) is 0.538. The summed E-state index contributed by atoms with van der Waals surface area (Å²) in [4.78, 5) is 6.33. The molecule has 0 aromatic carbocycles. The number of rotatable bonds is 3. The van der Waals surface area contributed by atoms with Gasteiger partial charge in [0.2, 0.25) is 0 Å².